The molecule has 0 atom stereocenters. The highest BCUT2D eigenvalue weighted by Crippen LogP contribution is 2.21. The zero-order chi connectivity index (χ0) is 20.6. The fourth-order valence-corrected chi connectivity index (χ4v) is 3.24. The lowest BCUT2D eigenvalue weighted by Gasteiger charge is -2.10. The molecule has 3 aromatic carbocycles. The first kappa shape index (κ1) is 20.7. The second kappa shape index (κ2) is 9.92. The zero-order valence-electron chi connectivity index (χ0n) is 15.6. The standard InChI is InChI=1S/C22H19IN2O4/c1-28-20-12-9-17(13-19(20)23)22(27)25-24-21(26)16-7-10-18(11-8-16)29-14-15-5-3-2-4-6-15/h2-13H,14H2,1H3,(H,24,26)(H,25,27). The predicted octanol–water partition coefficient (Wildman–Crippen LogP) is 3.95. The van der Waals surface area contributed by atoms with E-state index in [4.69, 9.17) is 9.47 Å². The highest BCUT2D eigenvalue weighted by molar-refractivity contribution is 14.1. The lowest BCUT2D eigenvalue weighted by molar-refractivity contribution is 0.0846. The molecule has 2 amide bonds. The maximum Gasteiger partial charge on any atom is 0.269 e. The minimum absolute atomic E-state index is 0.404. The van der Waals surface area contributed by atoms with Crippen molar-refractivity contribution in [1.29, 1.82) is 0 Å². The van der Waals surface area contributed by atoms with Gasteiger partial charge in [-0.25, -0.2) is 0 Å². The molecule has 0 saturated carbocycles. The molecule has 0 saturated heterocycles. The Morgan fingerprint density at radius 3 is 2.10 bits per heavy atom. The van der Waals surface area contributed by atoms with Gasteiger partial charge < -0.3 is 9.47 Å². The molecule has 0 fully saturated rings. The molecule has 0 heterocycles. The van der Waals surface area contributed by atoms with Crippen molar-refractivity contribution in [3.8, 4) is 11.5 Å². The smallest absolute Gasteiger partial charge is 0.269 e. The summed E-state index contributed by atoms with van der Waals surface area (Å²) in [6.45, 7) is 0.448. The summed E-state index contributed by atoms with van der Waals surface area (Å²) >= 11 is 2.08. The van der Waals surface area contributed by atoms with E-state index in [1.807, 2.05) is 30.3 Å². The number of hydrogen-bond acceptors (Lipinski definition) is 4. The molecule has 0 unspecified atom stereocenters. The largest absolute Gasteiger partial charge is 0.496 e. The van der Waals surface area contributed by atoms with Gasteiger partial charge in [-0.2, -0.15) is 0 Å². The Morgan fingerprint density at radius 1 is 0.862 bits per heavy atom. The van der Waals surface area contributed by atoms with Crippen LogP contribution >= 0.6 is 22.6 Å². The minimum Gasteiger partial charge on any atom is -0.496 e. The van der Waals surface area contributed by atoms with Crippen molar-refractivity contribution in [2.45, 2.75) is 6.61 Å². The summed E-state index contributed by atoms with van der Waals surface area (Å²) in [4.78, 5) is 24.5. The van der Waals surface area contributed by atoms with E-state index in [1.54, 1.807) is 49.6 Å². The number of carbonyl (C=O) groups is 2. The number of benzene rings is 3. The molecule has 3 aromatic rings. The highest BCUT2D eigenvalue weighted by Gasteiger charge is 2.11. The van der Waals surface area contributed by atoms with E-state index in [9.17, 15) is 9.59 Å². The van der Waals surface area contributed by atoms with Crippen molar-refractivity contribution >= 4 is 34.4 Å². The lowest BCUT2D eigenvalue weighted by atomic mass is 10.2. The molecule has 2 N–H and O–H groups in total. The van der Waals surface area contributed by atoms with E-state index < -0.39 is 11.8 Å². The van der Waals surface area contributed by atoms with Crippen molar-refractivity contribution in [3.05, 3.63) is 93.1 Å². The maximum atomic E-state index is 12.3. The zero-order valence-corrected chi connectivity index (χ0v) is 17.8. The number of ether oxygens (including phenoxy) is 2. The molecule has 0 aliphatic carbocycles. The number of rotatable bonds is 6. The number of halogens is 1. The molecule has 7 heteroatoms. The molecule has 3 rings (SSSR count). The normalized spacial score (nSPS) is 10.1. The molecule has 29 heavy (non-hydrogen) atoms. The molecular formula is C22H19IN2O4. The van der Waals surface area contributed by atoms with Gasteiger partial charge in [0.05, 0.1) is 10.7 Å². The Balaban J connectivity index is 1.52. The average molecular weight is 502 g/mol. The van der Waals surface area contributed by atoms with Crippen LogP contribution in [0.25, 0.3) is 0 Å². The van der Waals surface area contributed by atoms with Crippen molar-refractivity contribution in [2.24, 2.45) is 0 Å². The molecule has 0 bridgehead atoms. The van der Waals surface area contributed by atoms with Crippen LogP contribution in [0, 0.1) is 3.57 Å². The Bertz CT molecular complexity index is 991. The van der Waals surface area contributed by atoms with Crippen molar-refractivity contribution < 1.29 is 19.1 Å². The van der Waals surface area contributed by atoms with Crippen LogP contribution in [0.5, 0.6) is 11.5 Å². The number of methoxy groups -OCH3 is 1. The third-order valence-electron chi connectivity index (χ3n) is 4.07. The second-order valence-electron chi connectivity index (χ2n) is 6.06. The number of hydrazine groups is 1. The third kappa shape index (κ3) is 5.71. The molecule has 6 nitrogen and oxygen atoms in total. The summed E-state index contributed by atoms with van der Waals surface area (Å²) in [6.07, 6.45) is 0. The third-order valence-corrected chi connectivity index (χ3v) is 4.91. The molecule has 0 aliphatic rings. The molecule has 148 valence electrons. The van der Waals surface area contributed by atoms with Crippen molar-refractivity contribution in [2.75, 3.05) is 7.11 Å². The van der Waals surface area contributed by atoms with Gasteiger partial charge in [0.25, 0.3) is 11.8 Å². The summed E-state index contributed by atoms with van der Waals surface area (Å²) < 4.78 is 11.7. The van der Waals surface area contributed by atoms with Gasteiger partial charge in [-0.05, 0) is 70.6 Å². The highest BCUT2D eigenvalue weighted by atomic mass is 127. The van der Waals surface area contributed by atoms with E-state index in [2.05, 4.69) is 33.4 Å². The van der Waals surface area contributed by atoms with Crippen LogP contribution < -0.4 is 20.3 Å². The van der Waals surface area contributed by atoms with E-state index in [0.29, 0.717) is 29.2 Å². The lowest BCUT2D eigenvalue weighted by Crippen LogP contribution is -2.41. The van der Waals surface area contributed by atoms with Crippen LogP contribution in [0.4, 0.5) is 0 Å². The van der Waals surface area contributed by atoms with Crippen LogP contribution in [0.1, 0.15) is 26.3 Å². The van der Waals surface area contributed by atoms with Gasteiger partial charge in [0.2, 0.25) is 0 Å². The summed E-state index contributed by atoms with van der Waals surface area (Å²) in [5, 5.41) is 0. The fraction of sp³-hybridized carbons (Fsp3) is 0.0909. The summed E-state index contributed by atoms with van der Waals surface area (Å²) in [5.74, 6) is 0.501. The topological polar surface area (TPSA) is 76.7 Å². The molecule has 0 radical (unpaired) electrons. The van der Waals surface area contributed by atoms with E-state index in [1.165, 1.54) is 0 Å². The van der Waals surface area contributed by atoms with Gasteiger partial charge in [-0.15, -0.1) is 0 Å². The first-order valence-corrected chi connectivity index (χ1v) is 9.85. The van der Waals surface area contributed by atoms with Gasteiger partial charge in [-0.1, -0.05) is 30.3 Å². The second-order valence-corrected chi connectivity index (χ2v) is 7.22. The average Bonchev–Trinajstić information content (AvgIpc) is 2.76. The van der Waals surface area contributed by atoms with Crippen LogP contribution in [0.3, 0.4) is 0 Å². The molecular weight excluding hydrogens is 483 g/mol. The van der Waals surface area contributed by atoms with Crippen LogP contribution in [-0.4, -0.2) is 18.9 Å². The summed E-state index contributed by atoms with van der Waals surface area (Å²) in [5.41, 5.74) is 6.70. The maximum absolute atomic E-state index is 12.3. The Morgan fingerprint density at radius 2 is 1.48 bits per heavy atom. The van der Waals surface area contributed by atoms with Gasteiger partial charge in [0.1, 0.15) is 18.1 Å². The minimum atomic E-state index is -0.420. The summed E-state index contributed by atoms with van der Waals surface area (Å²) in [6, 6.07) is 21.5. The number of hydrogen-bond donors (Lipinski definition) is 2. The van der Waals surface area contributed by atoms with Crippen molar-refractivity contribution in [1.82, 2.24) is 10.9 Å². The number of amides is 2. The van der Waals surface area contributed by atoms with E-state index >= 15 is 0 Å². The van der Waals surface area contributed by atoms with E-state index in [-0.39, 0.29) is 0 Å². The molecule has 0 aliphatic heterocycles. The van der Waals surface area contributed by atoms with Crippen LogP contribution in [-0.2, 0) is 6.61 Å². The first-order chi connectivity index (χ1) is 14.1. The quantitative estimate of drug-likeness (QED) is 0.396. The monoisotopic (exact) mass is 502 g/mol. The van der Waals surface area contributed by atoms with Crippen molar-refractivity contribution in [3.63, 3.8) is 0 Å². The SMILES string of the molecule is COc1ccc(C(=O)NNC(=O)c2ccc(OCc3ccccc3)cc2)cc1I. The van der Waals surface area contributed by atoms with Gasteiger partial charge in [0.15, 0.2) is 0 Å². The molecule has 0 spiro atoms. The number of nitrogens with one attached hydrogen (secondary N) is 2. The summed E-state index contributed by atoms with van der Waals surface area (Å²) in [7, 11) is 1.56. The predicted molar refractivity (Wildman–Crippen MR) is 118 cm³/mol. The fourth-order valence-electron chi connectivity index (χ4n) is 2.51. The molecule has 0 aromatic heterocycles. The van der Waals surface area contributed by atoms with Crippen LogP contribution in [0.15, 0.2) is 72.8 Å². The van der Waals surface area contributed by atoms with Gasteiger partial charge in [0, 0.05) is 11.1 Å². The van der Waals surface area contributed by atoms with Gasteiger partial charge in [-0.3, -0.25) is 20.4 Å². The Hall–Kier alpha value is -3.07. The first-order valence-electron chi connectivity index (χ1n) is 8.78. The number of carbonyl (C=O) groups excluding carboxylic acids is 2. The Labute approximate surface area is 182 Å². The van der Waals surface area contributed by atoms with Gasteiger partial charge >= 0.3 is 0 Å². The Kier molecular flexibility index (Phi) is 7.07. The van der Waals surface area contributed by atoms with Crippen LogP contribution in [0.2, 0.25) is 0 Å². The van der Waals surface area contributed by atoms with E-state index in [0.717, 1.165) is 9.13 Å².